The van der Waals surface area contributed by atoms with Crippen molar-refractivity contribution in [2.24, 2.45) is 5.92 Å². The maximum absolute atomic E-state index is 11.9. The molecular formula is C15H19BrN2O3. The van der Waals surface area contributed by atoms with E-state index in [1.54, 1.807) is 6.07 Å². The molecule has 0 heterocycles. The molecule has 2 amide bonds. The number of carbonyl (C=O) groups excluding carboxylic acids is 1. The molecule has 114 valence electrons. The van der Waals surface area contributed by atoms with Gasteiger partial charge in [0.25, 0.3) is 0 Å². The Kier molecular flexibility index (Phi) is 5.61. The van der Waals surface area contributed by atoms with Crippen LogP contribution in [0.25, 0.3) is 0 Å². The van der Waals surface area contributed by atoms with Crippen LogP contribution in [-0.4, -0.2) is 23.7 Å². The van der Waals surface area contributed by atoms with Gasteiger partial charge in [-0.2, -0.15) is 0 Å². The van der Waals surface area contributed by atoms with Crippen LogP contribution in [0.2, 0.25) is 0 Å². The molecule has 0 aromatic heterocycles. The van der Waals surface area contributed by atoms with Gasteiger partial charge >= 0.3 is 12.0 Å². The molecule has 6 heteroatoms. The third-order valence-corrected chi connectivity index (χ3v) is 4.43. The number of nitrogens with one attached hydrogen (secondary N) is 2. The number of anilines is 1. The third kappa shape index (κ3) is 4.74. The Morgan fingerprint density at radius 3 is 2.62 bits per heavy atom. The lowest BCUT2D eigenvalue weighted by Gasteiger charge is -2.21. The highest BCUT2D eigenvalue weighted by Gasteiger charge is 2.15. The topological polar surface area (TPSA) is 78.4 Å². The van der Waals surface area contributed by atoms with E-state index in [2.05, 4.69) is 26.6 Å². The van der Waals surface area contributed by atoms with Crippen LogP contribution in [0.5, 0.6) is 0 Å². The molecular weight excluding hydrogens is 336 g/mol. The summed E-state index contributed by atoms with van der Waals surface area (Å²) in [4.78, 5) is 22.8. The van der Waals surface area contributed by atoms with E-state index in [1.807, 2.05) is 0 Å². The normalized spacial score (nSPS) is 15.5. The minimum atomic E-state index is -1.02. The molecule has 21 heavy (non-hydrogen) atoms. The van der Waals surface area contributed by atoms with Crippen molar-refractivity contribution in [3.63, 3.8) is 0 Å². The molecule has 1 fully saturated rings. The van der Waals surface area contributed by atoms with E-state index in [1.165, 1.54) is 44.2 Å². The average Bonchev–Trinajstić information content (AvgIpc) is 2.48. The maximum atomic E-state index is 11.9. The molecule has 0 aliphatic heterocycles. The van der Waals surface area contributed by atoms with E-state index in [-0.39, 0.29) is 11.6 Å². The standard InChI is InChI=1S/C15H19BrN2O3/c16-12-7-6-11(14(19)20)8-13(12)18-15(21)17-9-10-4-2-1-3-5-10/h6-8,10H,1-5,9H2,(H,19,20)(H2,17,18,21). The number of aromatic carboxylic acids is 1. The van der Waals surface area contributed by atoms with Gasteiger partial charge in [0, 0.05) is 11.0 Å². The summed E-state index contributed by atoms with van der Waals surface area (Å²) in [5, 5.41) is 14.5. The number of carboxylic acids is 1. The van der Waals surface area contributed by atoms with Crippen molar-refractivity contribution in [2.45, 2.75) is 32.1 Å². The molecule has 2 rings (SSSR count). The summed E-state index contributed by atoms with van der Waals surface area (Å²) in [6.45, 7) is 0.669. The second kappa shape index (κ2) is 7.45. The van der Waals surface area contributed by atoms with E-state index in [4.69, 9.17) is 5.11 Å². The Balaban J connectivity index is 1.89. The fraction of sp³-hybridized carbons (Fsp3) is 0.467. The molecule has 1 aliphatic carbocycles. The van der Waals surface area contributed by atoms with Gasteiger partial charge in [-0.15, -0.1) is 0 Å². The van der Waals surface area contributed by atoms with Gasteiger partial charge in [-0.1, -0.05) is 19.3 Å². The molecule has 1 saturated carbocycles. The number of benzene rings is 1. The van der Waals surface area contributed by atoms with Crippen molar-refractivity contribution < 1.29 is 14.7 Å². The van der Waals surface area contributed by atoms with Crippen LogP contribution < -0.4 is 10.6 Å². The summed E-state index contributed by atoms with van der Waals surface area (Å²) >= 11 is 3.30. The average molecular weight is 355 g/mol. The fourth-order valence-electron chi connectivity index (χ4n) is 2.55. The van der Waals surface area contributed by atoms with Crippen LogP contribution in [0, 0.1) is 5.92 Å². The Labute approximate surface area is 132 Å². The largest absolute Gasteiger partial charge is 0.478 e. The zero-order chi connectivity index (χ0) is 15.2. The summed E-state index contributed by atoms with van der Waals surface area (Å²) in [5.41, 5.74) is 0.594. The highest BCUT2D eigenvalue weighted by Crippen LogP contribution is 2.24. The minimum Gasteiger partial charge on any atom is -0.478 e. The lowest BCUT2D eigenvalue weighted by Crippen LogP contribution is -2.33. The van der Waals surface area contributed by atoms with Crippen molar-refractivity contribution >= 4 is 33.6 Å². The van der Waals surface area contributed by atoms with Crippen molar-refractivity contribution in [1.29, 1.82) is 0 Å². The molecule has 0 unspecified atom stereocenters. The maximum Gasteiger partial charge on any atom is 0.335 e. The van der Waals surface area contributed by atoms with Gasteiger partial charge in [0.1, 0.15) is 0 Å². The van der Waals surface area contributed by atoms with Crippen molar-refractivity contribution in [3.8, 4) is 0 Å². The Morgan fingerprint density at radius 2 is 1.95 bits per heavy atom. The zero-order valence-corrected chi connectivity index (χ0v) is 13.3. The number of carbonyl (C=O) groups is 2. The van der Waals surface area contributed by atoms with Gasteiger partial charge in [0.05, 0.1) is 11.3 Å². The van der Waals surface area contributed by atoms with Crippen LogP contribution in [0.1, 0.15) is 42.5 Å². The van der Waals surface area contributed by atoms with Crippen molar-refractivity contribution in [3.05, 3.63) is 28.2 Å². The van der Waals surface area contributed by atoms with Crippen LogP contribution in [0.4, 0.5) is 10.5 Å². The number of halogens is 1. The quantitative estimate of drug-likeness (QED) is 0.768. The molecule has 0 spiro atoms. The summed E-state index contributed by atoms with van der Waals surface area (Å²) in [7, 11) is 0. The van der Waals surface area contributed by atoms with E-state index in [0.29, 0.717) is 22.6 Å². The first-order valence-corrected chi connectivity index (χ1v) is 7.93. The molecule has 1 aromatic carbocycles. The van der Waals surface area contributed by atoms with Gasteiger partial charge in [-0.05, 0) is 52.9 Å². The second-order valence-electron chi connectivity index (χ2n) is 5.34. The van der Waals surface area contributed by atoms with Gasteiger partial charge in [-0.3, -0.25) is 0 Å². The van der Waals surface area contributed by atoms with E-state index in [9.17, 15) is 9.59 Å². The monoisotopic (exact) mass is 354 g/mol. The van der Waals surface area contributed by atoms with E-state index < -0.39 is 5.97 Å². The predicted molar refractivity (Wildman–Crippen MR) is 84.7 cm³/mol. The Bertz CT molecular complexity index is 528. The van der Waals surface area contributed by atoms with Gasteiger partial charge in [0.2, 0.25) is 0 Å². The van der Waals surface area contributed by atoms with E-state index >= 15 is 0 Å². The number of hydrogen-bond donors (Lipinski definition) is 3. The first kappa shape index (κ1) is 15.8. The summed E-state index contributed by atoms with van der Waals surface area (Å²) in [6.07, 6.45) is 6.09. The number of amides is 2. The molecule has 5 nitrogen and oxygen atoms in total. The molecule has 1 aliphatic rings. The summed E-state index contributed by atoms with van der Waals surface area (Å²) < 4.78 is 0.653. The number of rotatable bonds is 4. The van der Waals surface area contributed by atoms with Crippen LogP contribution >= 0.6 is 15.9 Å². The first-order valence-electron chi connectivity index (χ1n) is 7.14. The molecule has 0 bridgehead atoms. The molecule has 1 aromatic rings. The number of hydrogen-bond acceptors (Lipinski definition) is 2. The molecule has 3 N–H and O–H groups in total. The van der Waals surface area contributed by atoms with E-state index in [0.717, 1.165) is 0 Å². The summed E-state index contributed by atoms with van der Waals surface area (Å²) in [6, 6.07) is 4.23. The second-order valence-corrected chi connectivity index (χ2v) is 6.19. The Hall–Kier alpha value is -1.56. The minimum absolute atomic E-state index is 0.140. The lowest BCUT2D eigenvalue weighted by atomic mass is 9.89. The Morgan fingerprint density at radius 1 is 1.24 bits per heavy atom. The fourth-order valence-corrected chi connectivity index (χ4v) is 2.89. The molecule has 0 radical (unpaired) electrons. The molecule has 0 saturated heterocycles. The van der Waals surface area contributed by atoms with Crippen LogP contribution in [-0.2, 0) is 0 Å². The van der Waals surface area contributed by atoms with Gasteiger partial charge in [0.15, 0.2) is 0 Å². The van der Waals surface area contributed by atoms with Gasteiger partial charge in [-0.25, -0.2) is 9.59 Å². The lowest BCUT2D eigenvalue weighted by molar-refractivity contribution is 0.0697. The third-order valence-electron chi connectivity index (χ3n) is 3.74. The highest BCUT2D eigenvalue weighted by atomic mass is 79.9. The smallest absolute Gasteiger partial charge is 0.335 e. The molecule has 0 atom stereocenters. The SMILES string of the molecule is O=C(NCC1CCCCC1)Nc1cc(C(=O)O)ccc1Br. The predicted octanol–water partition coefficient (Wildman–Crippen LogP) is 3.85. The number of urea groups is 1. The van der Waals surface area contributed by atoms with Crippen LogP contribution in [0.3, 0.4) is 0 Å². The number of carboxylic acid groups (broad SMARTS) is 1. The summed E-state index contributed by atoms with van der Waals surface area (Å²) in [5.74, 6) is -0.466. The van der Waals surface area contributed by atoms with Gasteiger partial charge < -0.3 is 15.7 Å². The highest BCUT2D eigenvalue weighted by molar-refractivity contribution is 9.10. The zero-order valence-electron chi connectivity index (χ0n) is 11.7. The first-order chi connectivity index (χ1) is 10.1. The van der Waals surface area contributed by atoms with Crippen LogP contribution in [0.15, 0.2) is 22.7 Å². The van der Waals surface area contributed by atoms with Crippen molar-refractivity contribution in [1.82, 2.24) is 5.32 Å². The van der Waals surface area contributed by atoms with Crippen molar-refractivity contribution in [2.75, 3.05) is 11.9 Å².